The van der Waals surface area contributed by atoms with Crippen LogP contribution in [0.3, 0.4) is 0 Å². The van der Waals surface area contributed by atoms with Crippen LogP contribution >= 0.6 is 0 Å². The molecule has 0 atom stereocenters. The lowest BCUT2D eigenvalue weighted by molar-refractivity contribution is -0.274. The zero-order valence-electron chi connectivity index (χ0n) is 16.9. The summed E-state index contributed by atoms with van der Waals surface area (Å²) < 4.78 is 46.3. The van der Waals surface area contributed by atoms with Gasteiger partial charge in [-0.25, -0.2) is 4.79 Å². The first-order chi connectivity index (χ1) is 14.7. The van der Waals surface area contributed by atoms with Gasteiger partial charge in [0.15, 0.2) is 5.78 Å². The number of nitrogens with one attached hydrogen (secondary N) is 2. The van der Waals surface area contributed by atoms with E-state index in [9.17, 15) is 22.8 Å². The van der Waals surface area contributed by atoms with Crippen LogP contribution in [0.1, 0.15) is 43.0 Å². The molecule has 1 aliphatic rings. The average Bonchev–Trinajstić information content (AvgIpc) is 2.70. The van der Waals surface area contributed by atoms with Crippen molar-refractivity contribution in [2.24, 2.45) is 0 Å². The molecular weight excluding hydrogens is 413 g/mol. The van der Waals surface area contributed by atoms with Crippen molar-refractivity contribution in [3.8, 4) is 11.5 Å². The minimum atomic E-state index is -4.76. The predicted octanol–water partition coefficient (Wildman–Crippen LogP) is 5.30. The highest BCUT2D eigenvalue weighted by Crippen LogP contribution is 2.25. The van der Waals surface area contributed by atoms with Crippen molar-refractivity contribution in [3.63, 3.8) is 0 Å². The van der Waals surface area contributed by atoms with E-state index in [-0.39, 0.29) is 23.7 Å². The number of benzene rings is 2. The normalized spacial score (nSPS) is 18.7. The molecule has 0 aliphatic heterocycles. The molecule has 31 heavy (non-hydrogen) atoms. The summed E-state index contributed by atoms with van der Waals surface area (Å²) >= 11 is 0. The fourth-order valence-electron chi connectivity index (χ4n) is 3.38. The Kier molecular flexibility index (Phi) is 7.04. The van der Waals surface area contributed by atoms with Crippen molar-refractivity contribution in [2.75, 3.05) is 5.32 Å². The molecule has 2 amide bonds. The number of ketones is 1. The van der Waals surface area contributed by atoms with Gasteiger partial charge in [-0.2, -0.15) is 0 Å². The quantitative estimate of drug-likeness (QED) is 0.603. The van der Waals surface area contributed by atoms with Crippen LogP contribution in [0.2, 0.25) is 0 Å². The number of hydrogen-bond donors (Lipinski definition) is 2. The van der Waals surface area contributed by atoms with E-state index in [0.717, 1.165) is 37.8 Å². The predicted molar refractivity (Wildman–Crippen MR) is 108 cm³/mol. The molecule has 1 aliphatic carbocycles. The van der Waals surface area contributed by atoms with Crippen LogP contribution in [0.15, 0.2) is 48.5 Å². The standard InChI is InChI=1S/C22H23F3N2O4/c1-14(28)15-2-8-18(9-3-15)30-19-10-4-16(5-11-19)26-21(29)27-17-6-12-20(13-7-17)31-22(23,24)25/h2-3,6-9,12-13,16,19H,4-5,10-11H2,1H3,(H2,26,27,29). The van der Waals surface area contributed by atoms with Gasteiger partial charge in [0.1, 0.15) is 11.5 Å². The lowest BCUT2D eigenvalue weighted by atomic mass is 9.93. The zero-order chi connectivity index (χ0) is 22.4. The maximum Gasteiger partial charge on any atom is 0.573 e. The van der Waals surface area contributed by atoms with Crippen molar-refractivity contribution in [3.05, 3.63) is 54.1 Å². The number of amides is 2. The minimum absolute atomic E-state index is 0.00185. The number of rotatable bonds is 6. The minimum Gasteiger partial charge on any atom is -0.490 e. The zero-order valence-corrected chi connectivity index (χ0v) is 16.9. The third-order valence-corrected chi connectivity index (χ3v) is 4.92. The van der Waals surface area contributed by atoms with E-state index >= 15 is 0 Å². The molecule has 6 nitrogen and oxygen atoms in total. The number of carbonyl (C=O) groups excluding carboxylic acids is 2. The molecule has 0 saturated heterocycles. The summed E-state index contributed by atoms with van der Waals surface area (Å²) in [6.45, 7) is 1.51. The van der Waals surface area contributed by atoms with Crippen LogP contribution in [0, 0.1) is 0 Å². The Hall–Kier alpha value is -3.23. The number of anilines is 1. The molecule has 0 unspecified atom stereocenters. The summed E-state index contributed by atoms with van der Waals surface area (Å²) in [6, 6.07) is 11.5. The highest BCUT2D eigenvalue weighted by molar-refractivity contribution is 5.94. The second kappa shape index (κ2) is 9.72. The molecule has 2 N–H and O–H groups in total. The number of Topliss-reactive ketones (excluding diaryl/α,β-unsaturated/α-hetero) is 1. The van der Waals surface area contributed by atoms with Gasteiger partial charge in [-0.05, 0) is 81.1 Å². The van der Waals surface area contributed by atoms with E-state index in [0.29, 0.717) is 17.0 Å². The van der Waals surface area contributed by atoms with Gasteiger partial charge in [0.25, 0.3) is 0 Å². The number of urea groups is 1. The molecule has 166 valence electrons. The van der Waals surface area contributed by atoms with E-state index in [1.165, 1.54) is 19.1 Å². The molecule has 9 heteroatoms. The summed E-state index contributed by atoms with van der Waals surface area (Å²) in [5, 5.41) is 5.47. The fourth-order valence-corrected chi connectivity index (χ4v) is 3.38. The van der Waals surface area contributed by atoms with Crippen molar-refractivity contribution in [1.82, 2.24) is 5.32 Å². The van der Waals surface area contributed by atoms with E-state index in [1.807, 2.05) is 0 Å². The largest absolute Gasteiger partial charge is 0.573 e. The molecule has 0 aromatic heterocycles. The number of hydrogen-bond acceptors (Lipinski definition) is 4. The molecule has 0 heterocycles. The number of carbonyl (C=O) groups is 2. The molecule has 3 rings (SSSR count). The molecule has 0 bridgehead atoms. The van der Waals surface area contributed by atoms with Crippen molar-refractivity contribution < 1.29 is 32.2 Å². The molecule has 2 aromatic carbocycles. The second-order valence-electron chi connectivity index (χ2n) is 7.34. The molecule has 1 saturated carbocycles. The van der Waals surface area contributed by atoms with E-state index < -0.39 is 12.4 Å². The first-order valence-electron chi connectivity index (χ1n) is 9.89. The van der Waals surface area contributed by atoms with E-state index in [4.69, 9.17) is 4.74 Å². The Morgan fingerprint density at radius 3 is 2.03 bits per heavy atom. The Morgan fingerprint density at radius 2 is 1.48 bits per heavy atom. The first-order valence-corrected chi connectivity index (χ1v) is 9.89. The highest BCUT2D eigenvalue weighted by Gasteiger charge is 2.31. The molecule has 1 fully saturated rings. The molecular formula is C22H23F3N2O4. The number of ether oxygens (including phenoxy) is 2. The van der Waals surface area contributed by atoms with E-state index in [2.05, 4.69) is 15.4 Å². The fraction of sp³-hybridized carbons (Fsp3) is 0.364. The molecule has 2 aromatic rings. The number of halogens is 3. The summed E-state index contributed by atoms with van der Waals surface area (Å²) in [4.78, 5) is 23.5. The Morgan fingerprint density at radius 1 is 0.903 bits per heavy atom. The van der Waals surface area contributed by atoms with Crippen LogP contribution in [-0.4, -0.2) is 30.3 Å². The monoisotopic (exact) mass is 436 g/mol. The van der Waals surface area contributed by atoms with Crippen molar-refractivity contribution in [1.29, 1.82) is 0 Å². The van der Waals surface area contributed by atoms with Crippen LogP contribution in [-0.2, 0) is 0 Å². The third kappa shape index (κ3) is 7.20. The average molecular weight is 436 g/mol. The summed E-state index contributed by atoms with van der Waals surface area (Å²) in [5.74, 6) is 0.354. The first kappa shape index (κ1) is 22.5. The molecule has 0 radical (unpaired) electrons. The van der Waals surface area contributed by atoms with Gasteiger partial charge >= 0.3 is 12.4 Å². The van der Waals surface area contributed by atoms with Crippen LogP contribution < -0.4 is 20.1 Å². The third-order valence-electron chi connectivity index (χ3n) is 4.92. The van der Waals surface area contributed by atoms with Gasteiger partial charge in [0, 0.05) is 17.3 Å². The smallest absolute Gasteiger partial charge is 0.490 e. The van der Waals surface area contributed by atoms with Gasteiger partial charge in [-0.1, -0.05) is 0 Å². The van der Waals surface area contributed by atoms with Crippen LogP contribution in [0.4, 0.5) is 23.7 Å². The summed E-state index contributed by atoms with van der Waals surface area (Å²) in [6.07, 6.45) is -1.71. The lowest BCUT2D eigenvalue weighted by Gasteiger charge is -2.29. The van der Waals surface area contributed by atoms with E-state index in [1.54, 1.807) is 24.3 Å². The highest BCUT2D eigenvalue weighted by atomic mass is 19.4. The molecule has 0 spiro atoms. The Bertz CT molecular complexity index is 890. The second-order valence-corrected chi connectivity index (χ2v) is 7.34. The summed E-state index contributed by atoms with van der Waals surface area (Å²) in [5.41, 5.74) is 0.992. The van der Waals surface area contributed by atoms with Crippen molar-refractivity contribution in [2.45, 2.75) is 51.1 Å². The number of alkyl halides is 3. The Labute approximate surface area is 177 Å². The maximum absolute atomic E-state index is 12.2. The van der Waals surface area contributed by atoms with Gasteiger partial charge in [-0.15, -0.1) is 13.2 Å². The Balaban J connectivity index is 1.41. The SMILES string of the molecule is CC(=O)c1ccc(OC2CCC(NC(=O)Nc3ccc(OC(F)(F)F)cc3)CC2)cc1. The van der Waals surface area contributed by atoms with Gasteiger partial charge in [0.05, 0.1) is 6.10 Å². The maximum atomic E-state index is 12.2. The summed E-state index contributed by atoms with van der Waals surface area (Å²) in [7, 11) is 0. The van der Waals surface area contributed by atoms with Crippen LogP contribution in [0.5, 0.6) is 11.5 Å². The van der Waals surface area contributed by atoms with Gasteiger partial charge in [0.2, 0.25) is 0 Å². The topological polar surface area (TPSA) is 76.7 Å². The lowest BCUT2D eigenvalue weighted by Crippen LogP contribution is -2.41. The van der Waals surface area contributed by atoms with Crippen molar-refractivity contribution >= 4 is 17.5 Å². The van der Waals surface area contributed by atoms with Gasteiger partial charge in [-0.3, -0.25) is 4.79 Å². The van der Waals surface area contributed by atoms with Crippen LogP contribution in [0.25, 0.3) is 0 Å². The van der Waals surface area contributed by atoms with Gasteiger partial charge < -0.3 is 20.1 Å².